The minimum atomic E-state index is -0.984. The second-order valence-electron chi connectivity index (χ2n) is 6.97. The van der Waals surface area contributed by atoms with Crippen LogP contribution in [0.2, 0.25) is 0 Å². The molecule has 3 amide bonds. The molecular formula is C22H27N5O5. The van der Waals surface area contributed by atoms with Crippen LogP contribution in [0.3, 0.4) is 0 Å². The van der Waals surface area contributed by atoms with Crippen molar-refractivity contribution in [1.29, 1.82) is 0 Å². The average molecular weight is 441 g/mol. The number of rotatable bonds is 8. The van der Waals surface area contributed by atoms with Crippen molar-refractivity contribution in [3.8, 4) is 11.5 Å². The number of methoxy groups -OCH3 is 2. The maximum Gasteiger partial charge on any atom is 0.329 e. The van der Waals surface area contributed by atoms with Crippen LogP contribution >= 0.6 is 0 Å². The van der Waals surface area contributed by atoms with E-state index in [1.807, 2.05) is 31.1 Å². The summed E-state index contributed by atoms with van der Waals surface area (Å²) in [5.41, 5.74) is 4.42. The Hall–Kier alpha value is -4.08. The lowest BCUT2D eigenvalue weighted by Crippen LogP contribution is -2.33. The largest absolute Gasteiger partial charge is 0.497 e. The van der Waals surface area contributed by atoms with Gasteiger partial charge in [0.1, 0.15) is 11.5 Å². The number of hydrogen-bond donors (Lipinski definition) is 3. The van der Waals surface area contributed by atoms with Crippen LogP contribution in [0.25, 0.3) is 0 Å². The topological polar surface area (TPSA) is 121 Å². The Bertz CT molecular complexity index is 1000. The van der Waals surface area contributed by atoms with Crippen LogP contribution in [0.5, 0.6) is 11.5 Å². The van der Waals surface area contributed by atoms with Gasteiger partial charge in [-0.15, -0.1) is 0 Å². The lowest BCUT2D eigenvalue weighted by atomic mass is 10.2. The highest BCUT2D eigenvalue weighted by Gasteiger charge is 2.16. The van der Waals surface area contributed by atoms with Crippen LogP contribution in [-0.4, -0.2) is 51.7 Å². The molecule has 0 heterocycles. The first-order valence-corrected chi connectivity index (χ1v) is 9.67. The molecule has 0 spiro atoms. The van der Waals surface area contributed by atoms with Gasteiger partial charge in [-0.05, 0) is 43.3 Å². The molecule has 2 aromatic rings. The summed E-state index contributed by atoms with van der Waals surface area (Å²) in [4.78, 5) is 38.3. The van der Waals surface area contributed by atoms with Gasteiger partial charge in [0.15, 0.2) is 0 Å². The zero-order valence-electron chi connectivity index (χ0n) is 18.7. The van der Waals surface area contributed by atoms with Gasteiger partial charge in [0.05, 0.1) is 26.3 Å². The zero-order valence-corrected chi connectivity index (χ0v) is 18.7. The molecule has 170 valence electrons. The van der Waals surface area contributed by atoms with Crippen LogP contribution in [0.1, 0.15) is 13.3 Å². The summed E-state index contributed by atoms with van der Waals surface area (Å²) in [5.74, 6) is -1.35. The fraction of sp³-hybridized carbons (Fsp3) is 0.273. The Morgan fingerprint density at radius 3 is 2.22 bits per heavy atom. The van der Waals surface area contributed by atoms with Gasteiger partial charge >= 0.3 is 11.8 Å². The number of carbonyl (C=O) groups excluding carboxylic acids is 3. The minimum Gasteiger partial charge on any atom is -0.497 e. The summed E-state index contributed by atoms with van der Waals surface area (Å²) in [7, 11) is 6.78. The third-order valence-electron chi connectivity index (χ3n) is 4.30. The molecule has 2 aromatic carbocycles. The highest BCUT2D eigenvalue weighted by Crippen LogP contribution is 2.28. The highest BCUT2D eigenvalue weighted by atomic mass is 16.5. The van der Waals surface area contributed by atoms with E-state index in [2.05, 4.69) is 21.2 Å². The summed E-state index contributed by atoms with van der Waals surface area (Å²) in [5, 5.41) is 9.00. The number of amides is 3. The number of ether oxygens (including phenoxy) is 2. The molecule has 0 fully saturated rings. The molecule has 0 aromatic heterocycles. The smallest absolute Gasteiger partial charge is 0.329 e. The second kappa shape index (κ2) is 11.3. The zero-order chi connectivity index (χ0) is 23.7. The molecule has 0 atom stereocenters. The number of anilines is 3. The third kappa shape index (κ3) is 7.01. The molecule has 0 aliphatic rings. The summed E-state index contributed by atoms with van der Waals surface area (Å²) >= 11 is 0. The molecule has 0 bridgehead atoms. The minimum absolute atomic E-state index is 0.0520. The van der Waals surface area contributed by atoms with Crippen LogP contribution in [0.15, 0.2) is 47.6 Å². The molecule has 3 N–H and O–H groups in total. The van der Waals surface area contributed by atoms with Crippen molar-refractivity contribution in [3.05, 3.63) is 42.5 Å². The maximum absolute atomic E-state index is 12.2. The number of hydrazone groups is 1. The summed E-state index contributed by atoms with van der Waals surface area (Å²) in [6, 6.07) is 12.1. The summed E-state index contributed by atoms with van der Waals surface area (Å²) in [6.45, 7) is 1.57. The number of nitrogens with zero attached hydrogens (tertiary/aromatic N) is 2. The predicted molar refractivity (Wildman–Crippen MR) is 123 cm³/mol. The van der Waals surface area contributed by atoms with Crippen molar-refractivity contribution in [1.82, 2.24) is 5.43 Å². The van der Waals surface area contributed by atoms with Gasteiger partial charge < -0.3 is 25.0 Å². The summed E-state index contributed by atoms with van der Waals surface area (Å²) < 4.78 is 10.3. The number of benzene rings is 2. The van der Waals surface area contributed by atoms with Gasteiger partial charge in [0.25, 0.3) is 0 Å². The molecule has 0 saturated heterocycles. The van der Waals surface area contributed by atoms with Gasteiger partial charge in [-0.3, -0.25) is 14.4 Å². The van der Waals surface area contributed by atoms with Gasteiger partial charge in [-0.25, -0.2) is 5.43 Å². The number of nitrogens with one attached hydrogen (secondary N) is 3. The van der Waals surface area contributed by atoms with Crippen molar-refractivity contribution in [2.24, 2.45) is 5.10 Å². The third-order valence-corrected chi connectivity index (χ3v) is 4.30. The van der Waals surface area contributed by atoms with E-state index in [1.165, 1.54) is 14.2 Å². The lowest BCUT2D eigenvalue weighted by Gasteiger charge is -2.13. The fourth-order valence-electron chi connectivity index (χ4n) is 2.60. The monoisotopic (exact) mass is 441 g/mol. The van der Waals surface area contributed by atoms with Gasteiger partial charge in [-0.1, -0.05) is 0 Å². The van der Waals surface area contributed by atoms with Crippen molar-refractivity contribution in [3.63, 3.8) is 0 Å². The molecule has 0 aliphatic carbocycles. The Balaban J connectivity index is 1.88. The van der Waals surface area contributed by atoms with E-state index in [4.69, 9.17) is 9.47 Å². The van der Waals surface area contributed by atoms with E-state index in [1.54, 1.807) is 37.3 Å². The normalized spacial score (nSPS) is 10.7. The van der Waals surface area contributed by atoms with Gasteiger partial charge in [-0.2, -0.15) is 5.10 Å². The first-order chi connectivity index (χ1) is 15.2. The SMILES string of the molecule is COc1ccc(NC(=O)C(=O)N/N=C(\C)CC(=O)Nc2ccc(N(C)C)cc2)c(OC)c1. The fourth-order valence-corrected chi connectivity index (χ4v) is 2.60. The van der Waals surface area contributed by atoms with Crippen molar-refractivity contribution in [2.75, 3.05) is 43.8 Å². The molecule has 0 saturated carbocycles. The van der Waals surface area contributed by atoms with Gasteiger partial charge in [0.2, 0.25) is 5.91 Å². The maximum atomic E-state index is 12.2. The number of hydrogen-bond acceptors (Lipinski definition) is 7. The van der Waals surface area contributed by atoms with Crippen molar-refractivity contribution < 1.29 is 23.9 Å². The van der Waals surface area contributed by atoms with Crippen molar-refractivity contribution >= 4 is 40.5 Å². The van der Waals surface area contributed by atoms with E-state index in [0.717, 1.165) is 5.69 Å². The number of carbonyl (C=O) groups is 3. The van der Waals surface area contributed by atoms with Crippen LogP contribution in [0, 0.1) is 0 Å². The van der Waals surface area contributed by atoms with Crippen LogP contribution < -0.4 is 30.4 Å². The molecule has 0 unspecified atom stereocenters. The molecule has 32 heavy (non-hydrogen) atoms. The molecule has 10 heteroatoms. The molecule has 0 aliphatic heterocycles. The highest BCUT2D eigenvalue weighted by molar-refractivity contribution is 6.39. The van der Waals surface area contributed by atoms with E-state index < -0.39 is 11.8 Å². The Labute approximate surface area is 186 Å². The first kappa shape index (κ1) is 24.2. The predicted octanol–water partition coefficient (Wildman–Crippen LogP) is 2.23. The Morgan fingerprint density at radius 1 is 0.938 bits per heavy atom. The first-order valence-electron chi connectivity index (χ1n) is 9.67. The van der Waals surface area contributed by atoms with E-state index in [9.17, 15) is 14.4 Å². The summed E-state index contributed by atoms with van der Waals surface area (Å²) in [6.07, 6.45) is -0.0520. The van der Waals surface area contributed by atoms with Gasteiger partial charge in [0, 0.05) is 37.2 Å². The molecule has 10 nitrogen and oxygen atoms in total. The molecular weight excluding hydrogens is 414 g/mol. The second-order valence-corrected chi connectivity index (χ2v) is 6.97. The lowest BCUT2D eigenvalue weighted by molar-refractivity contribution is -0.136. The van der Waals surface area contributed by atoms with E-state index in [-0.39, 0.29) is 12.3 Å². The van der Waals surface area contributed by atoms with Crippen LogP contribution in [0.4, 0.5) is 17.1 Å². The average Bonchev–Trinajstić information content (AvgIpc) is 2.77. The Kier molecular flexibility index (Phi) is 8.58. The standard InChI is InChI=1S/C22H27N5O5/c1-14(12-20(28)23-15-6-8-16(9-7-15)27(2)3)25-26-22(30)21(29)24-18-11-10-17(31-4)13-19(18)32-5/h6-11,13H,12H2,1-5H3,(H,23,28)(H,24,29)(H,26,30)/b25-14+. The van der Waals surface area contributed by atoms with Crippen molar-refractivity contribution in [2.45, 2.75) is 13.3 Å². The van der Waals surface area contributed by atoms with E-state index >= 15 is 0 Å². The van der Waals surface area contributed by atoms with E-state index in [0.29, 0.717) is 28.6 Å². The molecule has 2 rings (SSSR count). The quantitative estimate of drug-likeness (QED) is 0.328. The molecule has 0 radical (unpaired) electrons. The Morgan fingerprint density at radius 2 is 1.62 bits per heavy atom. The van der Waals surface area contributed by atoms with Crippen LogP contribution in [-0.2, 0) is 14.4 Å².